The molecule has 1 aliphatic heterocycles. The molecule has 3 aromatic rings. The molecule has 0 saturated carbocycles. The van der Waals surface area contributed by atoms with Crippen LogP contribution in [0.2, 0.25) is 5.02 Å². The average Bonchev–Trinajstić information content (AvgIpc) is 3.07. The first-order valence-electron chi connectivity index (χ1n) is 7.81. The predicted molar refractivity (Wildman–Crippen MR) is 95.2 cm³/mol. The third-order valence-corrected chi connectivity index (χ3v) is 4.57. The monoisotopic (exact) mass is 354 g/mol. The van der Waals surface area contributed by atoms with Crippen molar-refractivity contribution in [3.8, 4) is 17.1 Å². The first-order valence-corrected chi connectivity index (χ1v) is 8.19. The van der Waals surface area contributed by atoms with Crippen LogP contribution in [0.5, 0.6) is 5.75 Å². The van der Waals surface area contributed by atoms with Crippen LogP contribution in [0.15, 0.2) is 47.0 Å². The molecule has 0 aliphatic carbocycles. The van der Waals surface area contributed by atoms with Gasteiger partial charge in [-0.05, 0) is 36.8 Å². The second-order valence-corrected chi connectivity index (χ2v) is 6.36. The maximum Gasteiger partial charge on any atom is 0.280 e. The quantitative estimate of drug-likeness (QED) is 0.681. The van der Waals surface area contributed by atoms with Gasteiger partial charge in [0.15, 0.2) is 11.5 Å². The van der Waals surface area contributed by atoms with Crippen molar-refractivity contribution in [2.75, 3.05) is 11.9 Å². The van der Waals surface area contributed by atoms with Crippen LogP contribution >= 0.6 is 11.6 Å². The van der Waals surface area contributed by atoms with Gasteiger partial charge in [-0.3, -0.25) is 4.79 Å². The zero-order valence-corrected chi connectivity index (χ0v) is 14.5. The zero-order valence-electron chi connectivity index (χ0n) is 13.7. The van der Waals surface area contributed by atoms with E-state index in [0.29, 0.717) is 16.3 Å². The van der Waals surface area contributed by atoms with Crippen molar-refractivity contribution in [2.24, 2.45) is 0 Å². The Morgan fingerprint density at radius 2 is 2.04 bits per heavy atom. The summed E-state index contributed by atoms with van der Waals surface area (Å²) < 4.78 is 11.2. The number of amides is 1. The average molecular weight is 355 g/mol. The van der Waals surface area contributed by atoms with Gasteiger partial charge in [0.1, 0.15) is 12.4 Å². The zero-order chi connectivity index (χ0) is 17.6. The summed E-state index contributed by atoms with van der Waals surface area (Å²) >= 11 is 6.07. The smallest absolute Gasteiger partial charge is 0.280 e. The van der Waals surface area contributed by atoms with Gasteiger partial charge in [0.25, 0.3) is 5.91 Å². The molecule has 0 unspecified atom stereocenters. The summed E-state index contributed by atoms with van der Waals surface area (Å²) in [6.45, 7) is 2.17. The van der Waals surface area contributed by atoms with E-state index in [-0.39, 0.29) is 18.2 Å². The molecule has 0 radical (unpaired) electrons. The predicted octanol–water partition coefficient (Wildman–Crippen LogP) is 4.47. The Bertz CT molecular complexity index is 981. The summed E-state index contributed by atoms with van der Waals surface area (Å²) in [5.74, 6) is 1.05. The molecule has 2 aromatic carbocycles. The normalized spacial score (nSPS) is 12.1. The van der Waals surface area contributed by atoms with E-state index in [1.165, 1.54) is 4.90 Å². The van der Waals surface area contributed by atoms with Crippen LogP contribution in [0.3, 0.4) is 0 Å². The Kier molecular flexibility index (Phi) is 3.73. The van der Waals surface area contributed by atoms with E-state index in [0.717, 1.165) is 22.6 Å². The third-order valence-electron chi connectivity index (χ3n) is 4.33. The molecule has 1 aliphatic rings. The molecular formula is C19H15ClN2O3. The van der Waals surface area contributed by atoms with Gasteiger partial charge < -0.3 is 14.2 Å². The summed E-state index contributed by atoms with van der Waals surface area (Å²) in [6, 6.07) is 13.0. The molecular weight excluding hydrogens is 340 g/mol. The van der Waals surface area contributed by atoms with E-state index < -0.39 is 0 Å². The number of hydrogen-bond acceptors (Lipinski definition) is 4. The maximum atomic E-state index is 13.0. The van der Waals surface area contributed by atoms with E-state index in [4.69, 9.17) is 20.9 Å². The van der Waals surface area contributed by atoms with E-state index in [1.807, 2.05) is 37.3 Å². The van der Waals surface area contributed by atoms with Crippen molar-refractivity contribution in [2.45, 2.75) is 13.5 Å². The lowest BCUT2D eigenvalue weighted by atomic mass is 10.0. The second kappa shape index (κ2) is 5.93. The minimum Gasteiger partial charge on any atom is -0.488 e. The highest BCUT2D eigenvalue weighted by atomic mass is 35.5. The highest BCUT2D eigenvalue weighted by Gasteiger charge is 2.30. The van der Waals surface area contributed by atoms with Gasteiger partial charge in [0.05, 0.1) is 11.1 Å². The SMILES string of the molecule is Cc1ccc(Cl)cc1N(C)C(=O)c1noc2c1COc1ccccc1-2. The van der Waals surface area contributed by atoms with Gasteiger partial charge in [-0.1, -0.05) is 35.0 Å². The van der Waals surface area contributed by atoms with Gasteiger partial charge in [-0.15, -0.1) is 0 Å². The number of rotatable bonds is 2. The van der Waals surface area contributed by atoms with Crippen LogP contribution in [0.1, 0.15) is 21.6 Å². The van der Waals surface area contributed by atoms with Crippen molar-refractivity contribution in [3.63, 3.8) is 0 Å². The van der Waals surface area contributed by atoms with Crippen molar-refractivity contribution in [1.29, 1.82) is 0 Å². The Hall–Kier alpha value is -2.79. The molecule has 1 amide bonds. The van der Waals surface area contributed by atoms with Crippen LogP contribution in [0, 0.1) is 6.92 Å². The number of benzene rings is 2. The number of carbonyl (C=O) groups excluding carboxylic acids is 1. The highest BCUT2D eigenvalue weighted by Crippen LogP contribution is 2.39. The number of carbonyl (C=O) groups is 1. The van der Waals surface area contributed by atoms with Gasteiger partial charge in [0, 0.05) is 17.8 Å². The van der Waals surface area contributed by atoms with E-state index in [9.17, 15) is 4.79 Å². The van der Waals surface area contributed by atoms with Gasteiger partial charge >= 0.3 is 0 Å². The fourth-order valence-electron chi connectivity index (χ4n) is 2.96. The van der Waals surface area contributed by atoms with Crippen molar-refractivity contribution < 1.29 is 14.1 Å². The van der Waals surface area contributed by atoms with Crippen molar-refractivity contribution >= 4 is 23.2 Å². The molecule has 6 heteroatoms. The Labute approximate surface area is 149 Å². The van der Waals surface area contributed by atoms with Crippen molar-refractivity contribution in [1.82, 2.24) is 5.16 Å². The number of anilines is 1. The fraction of sp³-hybridized carbons (Fsp3) is 0.158. The molecule has 2 heterocycles. The van der Waals surface area contributed by atoms with E-state index >= 15 is 0 Å². The van der Waals surface area contributed by atoms with Crippen LogP contribution in [-0.2, 0) is 6.61 Å². The molecule has 126 valence electrons. The third kappa shape index (κ3) is 2.57. The molecule has 25 heavy (non-hydrogen) atoms. The lowest BCUT2D eigenvalue weighted by Crippen LogP contribution is -2.28. The molecule has 0 saturated heterocycles. The van der Waals surface area contributed by atoms with Gasteiger partial charge in [0.2, 0.25) is 0 Å². The number of hydrogen-bond donors (Lipinski definition) is 0. The van der Waals surface area contributed by atoms with Gasteiger partial charge in [-0.2, -0.15) is 0 Å². The summed E-state index contributed by atoms with van der Waals surface area (Å²) in [4.78, 5) is 14.5. The van der Waals surface area contributed by atoms with Crippen LogP contribution in [0.4, 0.5) is 5.69 Å². The van der Waals surface area contributed by atoms with E-state index in [2.05, 4.69) is 5.16 Å². The van der Waals surface area contributed by atoms with Gasteiger partial charge in [-0.25, -0.2) is 0 Å². The Morgan fingerprint density at radius 3 is 2.88 bits per heavy atom. The first-order chi connectivity index (χ1) is 12.1. The number of ether oxygens (including phenoxy) is 1. The lowest BCUT2D eigenvalue weighted by Gasteiger charge is -2.20. The van der Waals surface area contributed by atoms with E-state index in [1.54, 1.807) is 19.2 Å². The topological polar surface area (TPSA) is 55.6 Å². The highest BCUT2D eigenvalue weighted by molar-refractivity contribution is 6.31. The summed E-state index contributed by atoms with van der Waals surface area (Å²) in [6.07, 6.45) is 0. The summed E-state index contributed by atoms with van der Waals surface area (Å²) in [7, 11) is 1.69. The standard InChI is InChI=1S/C19H15ClN2O3/c1-11-7-8-12(20)9-15(11)22(2)19(23)17-14-10-24-16-6-4-3-5-13(16)18(14)25-21-17/h3-9H,10H2,1-2H3. The fourth-order valence-corrected chi connectivity index (χ4v) is 3.13. The number of fused-ring (bicyclic) bond motifs is 3. The largest absolute Gasteiger partial charge is 0.488 e. The van der Waals surface area contributed by atoms with Crippen LogP contribution in [-0.4, -0.2) is 18.1 Å². The Balaban J connectivity index is 1.73. The number of aromatic nitrogens is 1. The number of para-hydroxylation sites is 1. The minimum atomic E-state index is -0.265. The van der Waals surface area contributed by atoms with Crippen LogP contribution in [0.25, 0.3) is 11.3 Å². The molecule has 1 aromatic heterocycles. The minimum absolute atomic E-state index is 0.249. The number of aryl methyl sites for hydroxylation is 1. The first kappa shape index (κ1) is 15.7. The lowest BCUT2D eigenvalue weighted by molar-refractivity contribution is 0.0982. The Morgan fingerprint density at radius 1 is 1.24 bits per heavy atom. The molecule has 0 spiro atoms. The molecule has 4 rings (SSSR count). The number of halogens is 1. The summed E-state index contributed by atoms with van der Waals surface area (Å²) in [5, 5.41) is 4.59. The second-order valence-electron chi connectivity index (χ2n) is 5.92. The maximum absolute atomic E-state index is 13.0. The molecule has 0 fully saturated rings. The molecule has 5 nitrogen and oxygen atoms in total. The summed E-state index contributed by atoms with van der Waals surface area (Å²) in [5.41, 5.74) is 3.39. The van der Waals surface area contributed by atoms with Crippen molar-refractivity contribution in [3.05, 3.63) is 64.3 Å². The number of nitrogens with zero attached hydrogens (tertiary/aromatic N) is 2. The molecule has 0 N–H and O–H groups in total. The van der Waals surface area contributed by atoms with Crippen LogP contribution < -0.4 is 9.64 Å². The molecule has 0 atom stereocenters. The molecule has 0 bridgehead atoms.